The van der Waals surface area contributed by atoms with Crippen molar-refractivity contribution >= 4 is 17.8 Å². The van der Waals surface area contributed by atoms with Crippen LogP contribution < -0.4 is 14.9 Å². The normalized spacial score (nSPS) is 10.5. The van der Waals surface area contributed by atoms with Crippen molar-refractivity contribution < 1.29 is 19.2 Å². The highest BCUT2D eigenvalue weighted by Gasteiger charge is 2.13. The second kappa shape index (κ2) is 9.86. The van der Waals surface area contributed by atoms with Crippen molar-refractivity contribution in [1.29, 1.82) is 0 Å². The fraction of sp³-hybridized carbons (Fsp3) is 0.200. The first-order valence-electron chi connectivity index (χ1n) is 8.55. The molecule has 28 heavy (non-hydrogen) atoms. The van der Waals surface area contributed by atoms with Gasteiger partial charge in [-0.3, -0.25) is 14.9 Å². The third-order valence-corrected chi connectivity index (χ3v) is 3.66. The molecule has 0 aliphatic carbocycles. The Balaban J connectivity index is 2.08. The highest BCUT2D eigenvalue weighted by atomic mass is 16.6. The first-order chi connectivity index (χ1) is 13.5. The van der Waals surface area contributed by atoms with Gasteiger partial charge in [0.15, 0.2) is 11.5 Å². The van der Waals surface area contributed by atoms with Crippen LogP contribution in [0, 0.1) is 17.0 Å². The number of hydrazone groups is 1. The molecule has 1 N–H and O–H groups in total. The van der Waals surface area contributed by atoms with Crippen LogP contribution >= 0.6 is 0 Å². The molecule has 0 radical (unpaired) electrons. The minimum Gasteiger partial charge on any atom is -0.490 e. The van der Waals surface area contributed by atoms with Gasteiger partial charge in [0.2, 0.25) is 0 Å². The van der Waals surface area contributed by atoms with Crippen LogP contribution in [-0.4, -0.2) is 30.3 Å². The van der Waals surface area contributed by atoms with Gasteiger partial charge in [0.25, 0.3) is 11.6 Å². The van der Waals surface area contributed by atoms with Crippen molar-refractivity contribution in [2.75, 3.05) is 13.2 Å². The molecule has 0 aliphatic heterocycles. The summed E-state index contributed by atoms with van der Waals surface area (Å²) < 4.78 is 11.1. The summed E-state index contributed by atoms with van der Waals surface area (Å²) in [5, 5.41) is 14.8. The number of rotatable bonds is 9. The van der Waals surface area contributed by atoms with E-state index in [1.54, 1.807) is 31.2 Å². The van der Waals surface area contributed by atoms with Crippen LogP contribution in [0.15, 0.2) is 54.2 Å². The molecule has 146 valence electrons. The molecule has 8 nitrogen and oxygen atoms in total. The maximum absolute atomic E-state index is 12.2. The Kier molecular flexibility index (Phi) is 7.27. The van der Waals surface area contributed by atoms with E-state index in [2.05, 4.69) is 17.1 Å². The molecule has 0 unspecified atom stereocenters. The molecule has 0 heterocycles. The molecule has 0 atom stereocenters. The van der Waals surface area contributed by atoms with E-state index in [4.69, 9.17) is 9.47 Å². The summed E-state index contributed by atoms with van der Waals surface area (Å²) in [6, 6.07) is 9.39. The Hall–Kier alpha value is -3.68. The predicted molar refractivity (Wildman–Crippen MR) is 106 cm³/mol. The van der Waals surface area contributed by atoms with Crippen LogP contribution in [0.4, 0.5) is 5.69 Å². The summed E-state index contributed by atoms with van der Waals surface area (Å²) in [6.45, 7) is 7.88. The van der Waals surface area contributed by atoms with Gasteiger partial charge in [-0.25, -0.2) is 5.43 Å². The zero-order chi connectivity index (χ0) is 20.5. The van der Waals surface area contributed by atoms with E-state index in [0.717, 1.165) is 0 Å². The molecule has 0 saturated heterocycles. The zero-order valence-electron chi connectivity index (χ0n) is 15.7. The van der Waals surface area contributed by atoms with Crippen molar-refractivity contribution in [2.45, 2.75) is 13.8 Å². The molecule has 0 aliphatic rings. The van der Waals surface area contributed by atoms with E-state index >= 15 is 0 Å². The molecule has 2 aromatic rings. The summed E-state index contributed by atoms with van der Waals surface area (Å²) in [7, 11) is 0. The van der Waals surface area contributed by atoms with Gasteiger partial charge in [-0.2, -0.15) is 5.10 Å². The van der Waals surface area contributed by atoms with Gasteiger partial charge in [-0.15, -0.1) is 0 Å². The van der Waals surface area contributed by atoms with Crippen LogP contribution in [0.3, 0.4) is 0 Å². The third-order valence-electron chi connectivity index (χ3n) is 3.66. The number of nitro groups is 1. The lowest BCUT2D eigenvalue weighted by atomic mass is 10.1. The van der Waals surface area contributed by atoms with Gasteiger partial charge in [0.05, 0.1) is 17.7 Å². The maximum Gasteiger partial charge on any atom is 0.272 e. The molecule has 0 fully saturated rings. The monoisotopic (exact) mass is 383 g/mol. The Morgan fingerprint density at radius 2 is 2.04 bits per heavy atom. The van der Waals surface area contributed by atoms with Gasteiger partial charge in [-0.05, 0) is 49.7 Å². The van der Waals surface area contributed by atoms with Crippen LogP contribution in [-0.2, 0) is 0 Å². The molecule has 0 saturated carbocycles. The quantitative estimate of drug-likeness (QED) is 0.308. The van der Waals surface area contributed by atoms with E-state index < -0.39 is 10.8 Å². The Labute approximate surface area is 162 Å². The second-order valence-corrected chi connectivity index (χ2v) is 5.70. The van der Waals surface area contributed by atoms with Gasteiger partial charge in [0, 0.05) is 17.2 Å². The van der Waals surface area contributed by atoms with Crippen LogP contribution in [0.2, 0.25) is 0 Å². The van der Waals surface area contributed by atoms with E-state index in [1.165, 1.54) is 24.4 Å². The zero-order valence-corrected chi connectivity index (χ0v) is 15.7. The number of amides is 1. The summed E-state index contributed by atoms with van der Waals surface area (Å²) >= 11 is 0. The average molecular weight is 383 g/mol. The van der Waals surface area contributed by atoms with Gasteiger partial charge in [-0.1, -0.05) is 12.7 Å². The maximum atomic E-state index is 12.2. The van der Waals surface area contributed by atoms with Gasteiger partial charge in [0.1, 0.15) is 6.61 Å². The van der Waals surface area contributed by atoms with E-state index in [-0.39, 0.29) is 11.3 Å². The van der Waals surface area contributed by atoms with Crippen LogP contribution in [0.5, 0.6) is 11.5 Å². The van der Waals surface area contributed by atoms with Gasteiger partial charge >= 0.3 is 0 Å². The largest absolute Gasteiger partial charge is 0.490 e. The number of ether oxygens (including phenoxy) is 2. The fourth-order valence-electron chi connectivity index (χ4n) is 2.37. The average Bonchev–Trinajstić information content (AvgIpc) is 2.67. The molecular formula is C20H21N3O5. The minimum atomic E-state index is -0.493. The van der Waals surface area contributed by atoms with E-state index in [9.17, 15) is 14.9 Å². The summed E-state index contributed by atoms with van der Waals surface area (Å²) in [5.41, 5.74) is 3.74. The SMILES string of the molecule is C=CCOc1ccc(/C=N\NC(=O)c2ccc([N+](=O)[O-])c(C)c2)cc1OCC. The van der Waals surface area contributed by atoms with E-state index in [0.29, 0.717) is 35.8 Å². The number of nitro benzene ring substituents is 1. The second-order valence-electron chi connectivity index (χ2n) is 5.70. The van der Waals surface area contributed by atoms with Crippen molar-refractivity contribution in [3.05, 3.63) is 75.9 Å². The Morgan fingerprint density at radius 3 is 2.68 bits per heavy atom. The Bertz CT molecular complexity index is 909. The number of nitrogens with zero attached hydrogens (tertiary/aromatic N) is 2. The molecule has 2 rings (SSSR count). The lowest BCUT2D eigenvalue weighted by Crippen LogP contribution is -2.17. The molecule has 1 amide bonds. The van der Waals surface area contributed by atoms with Crippen LogP contribution in [0.25, 0.3) is 0 Å². The highest BCUT2D eigenvalue weighted by molar-refractivity contribution is 5.95. The molecular weight excluding hydrogens is 362 g/mol. The number of aryl methyl sites for hydroxylation is 1. The number of benzene rings is 2. The lowest BCUT2D eigenvalue weighted by molar-refractivity contribution is -0.385. The number of nitrogens with one attached hydrogen (secondary N) is 1. The molecule has 8 heteroatoms. The smallest absolute Gasteiger partial charge is 0.272 e. The van der Waals surface area contributed by atoms with Crippen molar-refractivity contribution in [1.82, 2.24) is 5.43 Å². The third kappa shape index (κ3) is 5.41. The predicted octanol–water partition coefficient (Wildman–Crippen LogP) is 3.63. The highest BCUT2D eigenvalue weighted by Crippen LogP contribution is 2.28. The van der Waals surface area contributed by atoms with Crippen LogP contribution in [0.1, 0.15) is 28.4 Å². The first kappa shape index (κ1) is 20.6. The summed E-state index contributed by atoms with van der Waals surface area (Å²) in [4.78, 5) is 22.5. The molecule has 0 aromatic heterocycles. The first-order valence-corrected chi connectivity index (χ1v) is 8.55. The van der Waals surface area contributed by atoms with Crippen molar-refractivity contribution in [2.24, 2.45) is 5.10 Å². The number of carbonyl (C=O) groups excluding carboxylic acids is 1. The van der Waals surface area contributed by atoms with Crippen molar-refractivity contribution in [3.8, 4) is 11.5 Å². The summed E-state index contributed by atoms with van der Waals surface area (Å²) in [5.74, 6) is 0.681. The standard InChI is InChI=1S/C20H21N3O5/c1-4-10-28-18-9-6-15(12-19(18)27-5-2)13-21-22-20(24)16-7-8-17(23(25)26)14(3)11-16/h4,6-9,11-13H,1,5,10H2,2-3H3,(H,22,24)/b21-13-. The van der Waals surface area contributed by atoms with Crippen molar-refractivity contribution in [3.63, 3.8) is 0 Å². The Morgan fingerprint density at radius 1 is 1.25 bits per heavy atom. The van der Waals surface area contributed by atoms with Gasteiger partial charge < -0.3 is 9.47 Å². The number of carbonyl (C=O) groups is 1. The minimum absolute atomic E-state index is 0.0396. The van der Waals surface area contributed by atoms with E-state index in [1.807, 2.05) is 6.92 Å². The lowest BCUT2D eigenvalue weighted by Gasteiger charge is -2.11. The topological polar surface area (TPSA) is 103 Å². The fourth-order valence-corrected chi connectivity index (χ4v) is 2.37. The number of hydrogen-bond donors (Lipinski definition) is 1. The molecule has 0 spiro atoms. The number of hydrogen-bond acceptors (Lipinski definition) is 6. The molecule has 2 aromatic carbocycles. The molecule has 0 bridgehead atoms. The summed E-state index contributed by atoms with van der Waals surface area (Å²) in [6.07, 6.45) is 3.11.